The van der Waals surface area contributed by atoms with Gasteiger partial charge in [0.15, 0.2) is 0 Å². The van der Waals surface area contributed by atoms with Gasteiger partial charge in [-0.15, -0.1) is 0 Å². The molecule has 1 saturated heterocycles. The Hall–Kier alpha value is -1.84. The van der Waals surface area contributed by atoms with Crippen molar-refractivity contribution in [1.29, 1.82) is 0 Å². The monoisotopic (exact) mass is 340 g/mol. The molecule has 0 radical (unpaired) electrons. The number of hydrogen-bond acceptors (Lipinski definition) is 2. The molecule has 0 aromatic heterocycles. The maximum absolute atomic E-state index is 13.2. The van der Waals surface area contributed by atoms with Gasteiger partial charge < -0.3 is 10.2 Å². The minimum absolute atomic E-state index is 0.0537. The third-order valence-electron chi connectivity index (χ3n) is 6.65. The summed E-state index contributed by atoms with van der Waals surface area (Å²) in [4.78, 5) is 28.2. The Bertz CT molecular complexity index is 615. The van der Waals surface area contributed by atoms with Crippen molar-refractivity contribution in [3.05, 3.63) is 35.9 Å². The van der Waals surface area contributed by atoms with E-state index in [1.54, 1.807) is 0 Å². The van der Waals surface area contributed by atoms with E-state index in [-0.39, 0.29) is 17.2 Å². The molecule has 0 unspecified atom stereocenters. The molecular weight excluding hydrogens is 312 g/mol. The molecule has 5 rings (SSSR count). The highest BCUT2D eigenvalue weighted by atomic mass is 16.2. The quantitative estimate of drug-likeness (QED) is 0.913. The number of rotatable bonds is 4. The second kappa shape index (κ2) is 6.81. The van der Waals surface area contributed by atoms with E-state index in [4.69, 9.17) is 0 Å². The molecule has 1 aromatic rings. The van der Waals surface area contributed by atoms with Crippen LogP contribution in [0.3, 0.4) is 0 Å². The molecule has 4 fully saturated rings. The van der Waals surface area contributed by atoms with Crippen molar-refractivity contribution in [3.63, 3.8) is 0 Å². The van der Waals surface area contributed by atoms with Crippen LogP contribution in [0.15, 0.2) is 30.3 Å². The average Bonchev–Trinajstić information content (AvgIpc) is 3.22. The van der Waals surface area contributed by atoms with E-state index in [1.165, 1.54) is 19.3 Å². The van der Waals surface area contributed by atoms with Gasteiger partial charge >= 0.3 is 0 Å². The third-order valence-corrected chi connectivity index (χ3v) is 6.65. The number of carbonyl (C=O) groups excluding carboxylic acids is 2. The van der Waals surface area contributed by atoms with E-state index in [9.17, 15) is 9.59 Å². The molecule has 0 spiro atoms. The van der Waals surface area contributed by atoms with Crippen molar-refractivity contribution in [2.24, 2.45) is 11.3 Å². The van der Waals surface area contributed by atoms with Crippen molar-refractivity contribution in [3.8, 4) is 0 Å². The zero-order valence-corrected chi connectivity index (χ0v) is 14.9. The summed E-state index contributed by atoms with van der Waals surface area (Å²) >= 11 is 0. The Morgan fingerprint density at radius 1 is 1.00 bits per heavy atom. The van der Waals surface area contributed by atoms with Crippen LogP contribution in [-0.4, -0.2) is 29.8 Å². The summed E-state index contributed by atoms with van der Waals surface area (Å²) < 4.78 is 0. The zero-order chi connectivity index (χ0) is 17.3. The smallest absolute Gasteiger partial charge is 0.249 e. The van der Waals surface area contributed by atoms with Gasteiger partial charge in [-0.1, -0.05) is 30.3 Å². The fourth-order valence-electron chi connectivity index (χ4n) is 4.93. The van der Waals surface area contributed by atoms with Crippen molar-refractivity contribution in [2.75, 3.05) is 13.1 Å². The maximum Gasteiger partial charge on any atom is 0.249 e. The first kappa shape index (κ1) is 16.6. The lowest BCUT2D eigenvalue weighted by Crippen LogP contribution is -2.50. The highest BCUT2D eigenvalue weighted by molar-refractivity contribution is 5.91. The number of amides is 2. The van der Waals surface area contributed by atoms with Crippen LogP contribution < -0.4 is 5.32 Å². The van der Waals surface area contributed by atoms with Gasteiger partial charge in [-0.2, -0.15) is 0 Å². The first-order valence-electron chi connectivity index (χ1n) is 9.83. The summed E-state index contributed by atoms with van der Waals surface area (Å²) in [5.74, 6) is 0.982. The summed E-state index contributed by atoms with van der Waals surface area (Å²) in [7, 11) is 0. The van der Waals surface area contributed by atoms with Gasteiger partial charge in [-0.25, -0.2) is 0 Å². The molecule has 1 N–H and O–H groups in total. The van der Waals surface area contributed by atoms with E-state index in [0.29, 0.717) is 0 Å². The van der Waals surface area contributed by atoms with Gasteiger partial charge in [-0.3, -0.25) is 9.59 Å². The Labute approximate surface area is 150 Å². The SMILES string of the molecule is O=C([C@@H](NC(=O)C12CCC(CC1)CC2)c1ccccc1)N1CCCC1. The number of carbonyl (C=O) groups is 2. The first-order chi connectivity index (χ1) is 12.2. The zero-order valence-electron chi connectivity index (χ0n) is 14.9. The molecule has 4 aliphatic rings. The average molecular weight is 340 g/mol. The number of likely N-dealkylation sites (tertiary alicyclic amines) is 1. The molecule has 1 aliphatic heterocycles. The van der Waals surface area contributed by atoms with E-state index >= 15 is 0 Å². The number of nitrogens with zero attached hydrogens (tertiary/aromatic N) is 1. The molecule has 1 aromatic carbocycles. The largest absolute Gasteiger partial charge is 0.341 e. The van der Waals surface area contributed by atoms with Gasteiger partial charge in [0.05, 0.1) is 0 Å². The fourth-order valence-corrected chi connectivity index (χ4v) is 4.93. The second-order valence-electron chi connectivity index (χ2n) is 8.11. The van der Waals surface area contributed by atoms with Gasteiger partial charge in [0.25, 0.3) is 0 Å². The summed E-state index contributed by atoms with van der Waals surface area (Å²) in [6.07, 6.45) is 8.60. The maximum atomic E-state index is 13.2. The lowest BCUT2D eigenvalue weighted by atomic mass is 9.60. The third kappa shape index (κ3) is 3.19. The molecule has 2 bridgehead atoms. The van der Waals surface area contributed by atoms with Crippen LogP contribution in [0.4, 0.5) is 0 Å². The van der Waals surface area contributed by atoms with Gasteiger partial charge in [-0.05, 0) is 62.8 Å². The standard InChI is InChI=1S/C21H28N2O2/c24-19(23-14-4-5-15-23)18(17-6-2-1-3-7-17)22-20(25)21-11-8-16(9-12-21)10-13-21/h1-3,6-7,16,18H,4-5,8-15H2,(H,22,25)/t16?,18-,21?/m0/s1. The predicted octanol–water partition coefficient (Wildman–Crippen LogP) is 3.44. The van der Waals surface area contributed by atoms with Crippen molar-refractivity contribution in [2.45, 2.75) is 57.4 Å². The van der Waals surface area contributed by atoms with Crippen LogP contribution in [0.2, 0.25) is 0 Å². The van der Waals surface area contributed by atoms with Crippen LogP contribution in [0, 0.1) is 11.3 Å². The number of benzene rings is 1. The number of fused-ring (bicyclic) bond motifs is 3. The minimum Gasteiger partial charge on any atom is -0.341 e. The Morgan fingerprint density at radius 3 is 2.20 bits per heavy atom. The summed E-state index contributed by atoms with van der Waals surface area (Å²) in [5.41, 5.74) is 0.668. The van der Waals surface area contributed by atoms with Crippen LogP contribution in [0.1, 0.15) is 63.0 Å². The van der Waals surface area contributed by atoms with Crippen LogP contribution >= 0.6 is 0 Å². The lowest BCUT2D eigenvalue weighted by Gasteiger charge is -2.45. The minimum atomic E-state index is -0.541. The fraction of sp³-hybridized carbons (Fsp3) is 0.619. The number of hydrogen-bond donors (Lipinski definition) is 1. The Balaban J connectivity index is 1.55. The van der Waals surface area contributed by atoms with E-state index in [1.807, 2.05) is 35.2 Å². The van der Waals surface area contributed by atoms with Crippen molar-refractivity contribution in [1.82, 2.24) is 10.2 Å². The van der Waals surface area contributed by atoms with Crippen molar-refractivity contribution < 1.29 is 9.59 Å². The molecule has 25 heavy (non-hydrogen) atoms. The molecule has 4 nitrogen and oxygen atoms in total. The van der Waals surface area contributed by atoms with Gasteiger partial charge in [0.2, 0.25) is 11.8 Å². The molecular formula is C21H28N2O2. The number of nitrogens with one attached hydrogen (secondary N) is 1. The molecule has 2 amide bonds. The molecule has 1 heterocycles. The molecule has 3 aliphatic carbocycles. The summed E-state index contributed by atoms with van der Waals surface area (Å²) in [6.45, 7) is 1.62. The topological polar surface area (TPSA) is 49.4 Å². The molecule has 1 atom stereocenters. The Kier molecular flexibility index (Phi) is 4.53. The van der Waals surface area contributed by atoms with E-state index < -0.39 is 6.04 Å². The van der Waals surface area contributed by atoms with E-state index in [2.05, 4.69) is 5.32 Å². The normalized spacial score (nSPS) is 29.4. The highest BCUT2D eigenvalue weighted by Crippen LogP contribution is 2.50. The van der Waals surface area contributed by atoms with E-state index in [0.717, 1.165) is 56.7 Å². The van der Waals surface area contributed by atoms with Crippen LogP contribution in [-0.2, 0) is 9.59 Å². The van der Waals surface area contributed by atoms with Gasteiger partial charge in [0.1, 0.15) is 6.04 Å². The highest BCUT2D eigenvalue weighted by Gasteiger charge is 2.46. The molecule has 134 valence electrons. The van der Waals surface area contributed by atoms with Crippen LogP contribution in [0.5, 0.6) is 0 Å². The van der Waals surface area contributed by atoms with Gasteiger partial charge in [0, 0.05) is 18.5 Å². The lowest BCUT2D eigenvalue weighted by molar-refractivity contribution is -0.142. The first-order valence-corrected chi connectivity index (χ1v) is 9.83. The molecule has 3 saturated carbocycles. The van der Waals surface area contributed by atoms with Crippen LogP contribution in [0.25, 0.3) is 0 Å². The predicted molar refractivity (Wildman–Crippen MR) is 96.8 cm³/mol. The van der Waals surface area contributed by atoms with Crippen molar-refractivity contribution >= 4 is 11.8 Å². The molecule has 4 heteroatoms. The Morgan fingerprint density at radius 2 is 1.60 bits per heavy atom. The summed E-state index contributed by atoms with van der Waals surface area (Å²) in [5, 5.41) is 3.17. The second-order valence-corrected chi connectivity index (χ2v) is 8.11. The summed E-state index contributed by atoms with van der Waals surface area (Å²) in [6, 6.07) is 9.19.